The van der Waals surface area contributed by atoms with Gasteiger partial charge in [-0.15, -0.1) is 0 Å². The third-order valence-electron chi connectivity index (χ3n) is 3.94. The second kappa shape index (κ2) is 7.45. The summed E-state index contributed by atoms with van der Waals surface area (Å²) < 4.78 is 0. The number of hydrazine groups is 1. The van der Waals surface area contributed by atoms with E-state index in [0.717, 1.165) is 31.0 Å². The van der Waals surface area contributed by atoms with Crippen molar-refractivity contribution < 1.29 is 4.79 Å². The van der Waals surface area contributed by atoms with Gasteiger partial charge in [-0.1, -0.05) is 23.7 Å². The number of benzene rings is 1. The molecule has 0 aliphatic carbocycles. The van der Waals surface area contributed by atoms with Crippen LogP contribution in [0.15, 0.2) is 35.7 Å². The Morgan fingerprint density at radius 2 is 1.95 bits per heavy atom. The number of nitrogens with two attached hydrogens (primary N) is 2. The zero-order valence-electron chi connectivity index (χ0n) is 11.9. The van der Waals surface area contributed by atoms with E-state index in [4.69, 9.17) is 23.2 Å². The minimum Gasteiger partial charge on any atom is -0.399 e. The molecule has 1 aliphatic rings. The van der Waals surface area contributed by atoms with Gasteiger partial charge >= 0.3 is 0 Å². The van der Waals surface area contributed by atoms with Gasteiger partial charge in [-0.2, -0.15) is 0 Å². The van der Waals surface area contributed by atoms with Crippen molar-refractivity contribution in [1.82, 2.24) is 10.3 Å². The highest BCUT2D eigenvalue weighted by molar-refractivity contribution is 6.30. The van der Waals surface area contributed by atoms with Crippen LogP contribution in [0, 0.1) is 0 Å². The molecular formula is C15H21ClN4O. The highest BCUT2D eigenvalue weighted by atomic mass is 35.5. The molecule has 5 nitrogen and oxygen atoms in total. The van der Waals surface area contributed by atoms with Gasteiger partial charge in [0.1, 0.15) is 5.70 Å². The first-order valence-electron chi connectivity index (χ1n) is 7.02. The minimum absolute atomic E-state index is 0.259. The third kappa shape index (κ3) is 4.20. The summed E-state index contributed by atoms with van der Waals surface area (Å²) in [5.74, 6) is 5.81. The Kier molecular flexibility index (Phi) is 5.61. The monoisotopic (exact) mass is 308 g/mol. The second-order valence-electron chi connectivity index (χ2n) is 5.30. The lowest BCUT2D eigenvalue weighted by Crippen LogP contribution is -2.37. The molecule has 0 bridgehead atoms. The Morgan fingerprint density at radius 1 is 1.33 bits per heavy atom. The lowest BCUT2D eigenvalue weighted by atomic mass is 9.89. The number of aldehydes is 1. The maximum absolute atomic E-state index is 10.8. The number of nitrogens with zero attached hydrogens (tertiary/aromatic N) is 1. The highest BCUT2D eigenvalue weighted by Crippen LogP contribution is 2.28. The van der Waals surface area contributed by atoms with Crippen LogP contribution in [0.4, 0.5) is 0 Å². The van der Waals surface area contributed by atoms with Crippen molar-refractivity contribution in [3.05, 3.63) is 46.2 Å². The fourth-order valence-corrected chi connectivity index (χ4v) is 2.81. The average Bonchev–Trinajstić information content (AvgIpc) is 2.50. The molecule has 0 aromatic heterocycles. The zero-order chi connectivity index (χ0) is 15.2. The summed E-state index contributed by atoms with van der Waals surface area (Å²) in [6.07, 6.45) is 2.79. The molecule has 5 N–H and O–H groups in total. The number of hydrogen-bond acceptors (Lipinski definition) is 5. The van der Waals surface area contributed by atoms with Gasteiger partial charge in [-0.25, -0.2) is 0 Å². The smallest absolute Gasteiger partial charge is 0.169 e. The molecule has 6 heteroatoms. The highest BCUT2D eigenvalue weighted by Gasteiger charge is 2.21. The van der Waals surface area contributed by atoms with Crippen molar-refractivity contribution in [2.45, 2.75) is 18.8 Å². The van der Waals surface area contributed by atoms with Crippen LogP contribution >= 0.6 is 11.6 Å². The summed E-state index contributed by atoms with van der Waals surface area (Å²) in [5.41, 5.74) is 10.3. The number of allylic oxidation sites excluding steroid dienone is 1. The number of hydrogen-bond donors (Lipinski definition) is 3. The lowest BCUT2D eigenvalue weighted by molar-refractivity contribution is -0.105. The first-order chi connectivity index (χ1) is 10.1. The van der Waals surface area contributed by atoms with E-state index in [9.17, 15) is 4.79 Å². The first-order valence-corrected chi connectivity index (χ1v) is 7.40. The summed E-state index contributed by atoms with van der Waals surface area (Å²) in [6.45, 7) is 2.46. The molecule has 114 valence electrons. The fraction of sp³-hybridized carbons (Fsp3) is 0.400. The minimum atomic E-state index is 0.259. The van der Waals surface area contributed by atoms with Crippen LogP contribution in [0.2, 0.25) is 5.02 Å². The second-order valence-corrected chi connectivity index (χ2v) is 5.74. The Hall–Kier alpha value is -1.56. The number of piperidine rings is 1. The number of carbonyl (C=O) groups excluding carboxylic acids is 1. The Labute approximate surface area is 129 Å². The van der Waals surface area contributed by atoms with E-state index >= 15 is 0 Å². The van der Waals surface area contributed by atoms with Crippen molar-refractivity contribution in [1.29, 1.82) is 0 Å². The van der Waals surface area contributed by atoms with Gasteiger partial charge < -0.3 is 11.2 Å². The predicted octanol–water partition coefficient (Wildman–Crippen LogP) is 1.35. The van der Waals surface area contributed by atoms with E-state index < -0.39 is 0 Å². The Morgan fingerprint density at radius 3 is 2.48 bits per heavy atom. The van der Waals surface area contributed by atoms with E-state index in [0.29, 0.717) is 24.4 Å². The number of rotatable bonds is 5. The summed E-state index contributed by atoms with van der Waals surface area (Å²) in [6, 6.07) is 8.07. The van der Waals surface area contributed by atoms with Crippen molar-refractivity contribution >= 4 is 17.9 Å². The van der Waals surface area contributed by atoms with Crippen LogP contribution in [0.25, 0.3) is 0 Å². The molecular weight excluding hydrogens is 288 g/mol. The molecule has 0 amide bonds. The molecule has 1 aromatic rings. The van der Waals surface area contributed by atoms with Gasteiger partial charge in [0.25, 0.3) is 0 Å². The summed E-state index contributed by atoms with van der Waals surface area (Å²) in [5, 5.41) is 0.768. The molecule has 1 aliphatic heterocycles. The van der Waals surface area contributed by atoms with Crippen molar-refractivity contribution in [3.63, 3.8) is 0 Å². The van der Waals surface area contributed by atoms with Crippen LogP contribution in [0.3, 0.4) is 0 Å². The quantitative estimate of drug-likeness (QED) is 0.331. The third-order valence-corrected chi connectivity index (χ3v) is 4.19. The predicted molar refractivity (Wildman–Crippen MR) is 84.5 cm³/mol. The number of likely N-dealkylation sites (tertiary alicyclic amines) is 1. The molecule has 21 heavy (non-hydrogen) atoms. The standard InChI is InChI=1S/C15H21ClN4O/c16-13-3-1-11(2-4-13)12-5-7-20(8-6-12)9-14(17)15(10-21)19-18/h1-4,10,12,19H,5-9,17-18H2/b15-14-. The number of nitrogens with one attached hydrogen (secondary N) is 1. The molecule has 1 saturated heterocycles. The zero-order valence-corrected chi connectivity index (χ0v) is 12.6. The van der Waals surface area contributed by atoms with Crippen LogP contribution in [0.1, 0.15) is 24.3 Å². The van der Waals surface area contributed by atoms with Gasteiger partial charge in [0.2, 0.25) is 0 Å². The Balaban J connectivity index is 1.90. The van der Waals surface area contributed by atoms with Gasteiger partial charge in [-0.3, -0.25) is 15.5 Å². The van der Waals surface area contributed by atoms with Crippen LogP contribution < -0.4 is 17.0 Å². The molecule has 2 rings (SSSR count). The van der Waals surface area contributed by atoms with E-state index in [1.807, 2.05) is 12.1 Å². The molecule has 1 heterocycles. The van der Waals surface area contributed by atoms with E-state index in [-0.39, 0.29) is 5.70 Å². The van der Waals surface area contributed by atoms with E-state index in [1.165, 1.54) is 5.56 Å². The van der Waals surface area contributed by atoms with Crippen LogP contribution in [0.5, 0.6) is 0 Å². The molecule has 1 fully saturated rings. The topological polar surface area (TPSA) is 84.4 Å². The largest absolute Gasteiger partial charge is 0.399 e. The summed E-state index contributed by atoms with van der Waals surface area (Å²) in [4.78, 5) is 13.0. The molecule has 1 aromatic carbocycles. The fourth-order valence-electron chi connectivity index (χ4n) is 2.69. The SMILES string of the molecule is NN/C(C=O)=C(\N)CN1CCC(c2ccc(Cl)cc2)CC1. The summed E-state index contributed by atoms with van der Waals surface area (Å²) in [7, 11) is 0. The molecule has 0 saturated carbocycles. The van der Waals surface area contributed by atoms with Gasteiger partial charge in [0.15, 0.2) is 6.29 Å². The van der Waals surface area contributed by atoms with E-state index in [1.54, 1.807) is 0 Å². The van der Waals surface area contributed by atoms with Gasteiger partial charge in [0.05, 0.1) is 5.70 Å². The molecule has 0 radical (unpaired) electrons. The summed E-state index contributed by atoms with van der Waals surface area (Å²) >= 11 is 5.92. The van der Waals surface area contributed by atoms with E-state index in [2.05, 4.69) is 22.5 Å². The Bertz CT molecular complexity index is 507. The maximum Gasteiger partial charge on any atom is 0.169 e. The first kappa shape index (κ1) is 15.8. The number of carbonyl (C=O) groups is 1. The average molecular weight is 309 g/mol. The lowest BCUT2D eigenvalue weighted by Gasteiger charge is -2.32. The van der Waals surface area contributed by atoms with Crippen molar-refractivity contribution in [3.8, 4) is 0 Å². The normalized spacial score (nSPS) is 18.2. The number of halogens is 1. The van der Waals surface area contributed by atoms with Gasteiger partial charge in [-0.05, 0) is 49.5 Å². The van der Waals surface area contributed by atoms with Gasteiger partial charge in [0, 0.05) is 11.6 Å². The van der Waals surface area contributed by atoms with Crippen LogP contribution in [-0.2, 0) is 4.79 Å². The van der Waals surface area contributed by atoms with Crippen molar-refractivity contribution in [2.75, 3.05) is 19.6 Å². The van der Waals surface area contributed by atoms with Crippen LogP contribution in [-0.4, -0.2) is 30.8 Å². The molecule has 0 atom stereocenters. The molecule has 0 spiro atoms. The molecule has 0 unspecified atom stereocenters. The van der Waals surface area contributed by atoms with Crippen molar-refractivity contribution in [2.24, 2.45) is 11.6 Å². The maximum atomic E-state index is 10.8.